The minimum Gasteiger partial charge on any atom is -0.467 e. The molecule has 1 aliphatic carbocycles. The van der Waals surface area contributed by atoms with Gasteiger partial charge in [0.1, 0.15) is 22.7 Å². The largest absolute Gasteiger partial charge is 0.467 e. The molecule has 0 unspecified atom stereocenters. The summed E-state index contributed by atoms with van der Waals surface area (Å²) in [5.74, 6) is 2.62. The van der Waals surface area contributed by atoms with Crippen molar-refractivity contribution >= 4 is 27.4 Å². The van der Waals surface area contributed by atoms with E-state index in [1.165, 1.54) is 28.7 Å². The van der Waals surface area contributed by atoms with Gasteiger partial charge in [-0.2, -0.15) is 0 Å². The molecule has 0 spiro atoms. The summed E-state index contributed by atoms with van der Waals surface area (Å²) in [5, 5.41) is 4.71. The van der Waals surface area contributed by atoms with E-state index in [-0.39, 0.29) is 6.04 Å². The van der Waals surface area contributed by atoms with Crippen LogP contribution >= 0.6 is 11.3 Å². The number of hydrogen-bond donors (Lipinski definition) is 1. The van der Waals surface area contributed by atoms with Crippen LogP contribution in [-0.4, -0.2) is 9.97 Å². The van der Waals surface area contributed by atoms with Gasteiger partial charge in [0, 0.05) is 4.88 Å². The summed E-state index contributed by atoms with van der Waals surface area (Å²) < 4.78 is 5.48. The maximum Gasteiger partial charge on any atom is 0.139 e. The molecule has 1 aliphatic rings. The van der Waals surface area contributed by atoms with Crippen molar-refractivity contribution in [2.75, 3.05) is 5.32 Å². The molecular weight excluding hydrogens is 294 g/mol. The summed E-state index contributed by atoms with van der Waals surface area (Å²) in [5.41, 5.74) is 1.45. The van der Waals surface area contributed by atoms with E-state index in [9.17, 15) is 0 Å². The molecule has 3 aromatic heterocycles. The second-order valence-electron chi connectivity index (χ2n) is 6.14. The highest BCUT2D eigenvalue weighted by Gasteiger charge is 2.23. The lowest BCUT2D eigenvalue weighted by molar-refractivity contribution is 0.490. The fourth-order valence-corrected chi connectivity index (χ4v) is 4.55. The van der Waals surface area contributed by atoms with Gasteiger partial charge in [0.05, 0.1) is 17.7 Å². The Kier molecular flexibility index (Phi) is 3.37. The van der Waals surface area contributed by atoms with Crippen molar-refractivity contribution in [3.05, 3.63) is 40.9 Å². The first kappa shape index (κ1) is 13.8. The van der Waals surface area contributed by atoms with Crippen LogP contribution in [0.1, 0.15) is 42.5 Å². The molecule has 4 nitrogen and oxygen atoms in total. The van der Waals surface area contributed by atoms with Crippen molar-refractivity contribution in [1.29, 1.82) is 0 Å². The van der Waals surface area contributed by atoms with E-state index in [1.807, 2.05) is 23.5 Å². The van der Waals surface area contributed by atoms with E-state index in [0.717, 1.165) is 28.7 Å². The Labute approximate surface area is 133 Å². The molecule has 0 bridgehead atoms. The Balaban J connectivity index is 1.75. The average Bonchev–Trinajstić information content (AvgIpc) is 3.14. The highest BCUT2D eigenvalue weighted by molar-refractivity contribution is 7.19. The second-order valence-corrected chi connectivity index (χ2v) is 7.22. The molecule has 0 aliphatic heterocycles. The van der Waals surface area contributed by atoms with Crippen LogP contribution in [0.15, 0.2) is 29.1 Å². The molecule has 3 aromatic rings. The number of nitrogens with zero attached hydrogens (tertiary/aromatic N) is 2. The van der Waals surface area contributed by atoms with Gasteiger partial charge in [0.2, 0.25) is 0 Å². The predicted octanol–water partition coefficient (Wildman–Crippen LogP) is 4.58. The van der Waals surface area contributed by atoms with Crippen LogP contribution < -0.4 is 5.32 Å². The first-order valence-electron chi connectivity index (χ1n) is 7.77. The van der Waals surface area contributed by atoms with Crippen LogP contribution in [0.2, 0.25) is 0 Å². The third kappa shape index (κ3) is 2.29. The number of aryl methyl sites for hydroxylation is 1. The smallest absolute Gasteiger partial charge is 0.139 e. The number of anilines is 1. The highest BCUT2D eigenvalue weighted by Crippen LogP contribution is 2.40. The molecule has 2 atom stereocenters. The number of hydrogen-bond acceptors (Lipinski definition) is 5. The fraction of sp³-hybridized carbons (Fsp3) is 0.412. The quantitative estimate of drug-likeness (QED) is 0.769. The number of furan rings is 1. The van der Waals surface area contributed by atoms with E-state index in [0.29, 0.717) is 0 Å². The summed E-state index contributed by atoms with van der Waals surface area (Å²) in [6.07, 6.45) is 6.92. The average molecular weight is 313 g/mol. The highest BCUT2D eigenvalue weighted by atomic mass is 32.1. The molecule has 22 heavy (non-hydrogen) atoms. The zero-order valence-electron chi connectivity index (χ0n) is 12.8. The van der Waals surface area contributed by atoms with Gasteiger partial charge in [-0.3, -0.25) is 0 Å². The van der Waals surface area contributed by atoms with Crippen LogP contribution in [0.5, 0.6) is 0 Å². The maximum absolute atomic E-state index is 5.48. The molecule has 5 heteroatoms. The molecule has 0 aromatic carbocycles. The third-order valence-electron chi connectivity index (χ3n) is 4.41. The van der Waals surface area contributed by atoms with E-state index >= 15 is 0 Å². The standard InChI is InChI=1S/C17H19N3OS/c1-10-5-6-12-14(8-10)22-17-15(12)16(18-9-19-17)20-11(2)13-4-3-7-21-13/h3-4,7,9-11H,5-6,8H2,1-2H3,(H,18,19,20)/t10-,11+/m1/s1. The van der Waals surface area contributed by atoms with Crippen LogP contribution in [0.4, 0.5) is 5.82 Å². The Hall–Kier alpha value is -1.88. The van der Waals surface area contributed by atoms with Crippen molar-refractivity contribution in [2.24, 2.45) is 5.92 Å². The molecule has 1 N–H and O–H groups in total. The molecule has 4 rings (SSSR count). The second kappa shape index (κ2) is 5.39. The van der Waals surface area contributed by atoms with Crippen LogP contribution in [-0.2, 0) is 12.8 Å². The lowest BCUT2D eigenvalue weighted by Crippen LogP contribution is -2.10. The first-order valence-corrected chi connectivity index (χ1v) is 8.59. The van der Waals surface area contributed by atoms with Crippen molar-refractivity contribution in [3.63, 3.8) is 0 Å². The molecule has 3 heterocycles. The number of fused-ring (bicyclic) bond motifs is 3. The minimum atomic E-state index is 0.0890. The number of thiophene rings is 1. The van der Waals surface area contributed by atoms with E-state index in [4.69, 9.17) is 4.42 Å². The molecule has 0 saturated heterocycles. The normalized spacial score (nSPS) is 19.1. The van der Waals surface area contributed by atoms with Gasteiger partial charge in [0.15, 0.2) is 0 Å². The molecule has 0 saturated carbocycles. The van der Waals surface area contributed by atoms with Crippen molar-refractivity contribution in [2.45, 2.75) is 39.2 Å². The van der Waals surface area contributed by atoms with Crippen LogP contribution in [0.3, 0.4) is 0 Å². The summed E-state index contributed by atoms with van der Waals surface area (Å²) in [6, 6.07) is 3.99. The fourth-order valence-electron chi connectivity index (χ4n) is 3.20. The predicted molar refractivity (Wildman–Crippen MR) is 89.3 cm³/mol. The molecule has 0 amide bonds. The number of aromatic nitrogens is 2. The van der Waals surface area contributed by atoms with Gasteiger partial charge in [-0.05, 0) is 49.8 Å². The van der Waals surface area contributed by atoms with Gasteiger partial charge in [-0.1, -0.05) is 6.92 Å². The summed E-state index contributed by atoms with van der Waals surface area (Å²) in [6.45, 7) is 4.42. The monoisotopic (exact) mass is 313 g/mol. The summed E-state index contributed by atoms with van der Waals surface area (Å²) >= 11 is 1.83. The van der Waals surface area contributed by atoms with Crippen LogP contribution in [0, 0.1) is 5.92 Å². The molecular formula is C17H19N3OS. The Morgan fingerprint density at radius 1 is 1.41 bits per heavy atom. The van der Waals surface area contributed by atoms with E-state index in [2.05, 4.69) is 29.1 Å². The Morgan fingerprint density at radius 3 is 3.14 bits per heavy atom. The van der Waals surface area contributed by atoms with Gasteiger partial charge < -0.3 is 9.73 Å². The summed E-state index contributed by atoms with van der Waals surface area (Å²) in [7, 11) is 0. The third-order valence-corrected chi connectivity index (χ3v) is 5.58. The van der Waals surface area contributed by atoms with E-state index in [1.54, 1.807) is 12.6 Å². The zero-order valence-corrected chi connectivity index (χ0v) is 13.6. The lowest BCUT2D eigenvalue weighted by Gasteiger charge is -2.19. The molecule has 114 valence electrons. The van der Waals surface area contributed by atoms with E-state index < -0.39 is 0 Å². The SMILES string of the molecule is C[C@@H]1CCc2c(sc3ncnc(N[C@@H](C)c4ccco4)c23)C1. The van der Waals surface area contributed by atoms with Gasteiger partial charge in [-0.25, -0.2) is 9.97 Å². The Morgan fingerprint density at radius 2 is 2.32 bits per heavy atom. The summed E-state index contributed by atoms with van der Waals surface area (Å²) in [4.78, 5) is 11.6. The molecule has 0 radical (unpaired) electrons. The maximum atomic E-state index is 5.48. The van der Waals surface area contributed by atoms with Crippen molar-refractivity contribution < 1.29 is 4.42 Å². The minimum absolute atomic E-state index is 0.0890. The topological polar surface area (TPSA) is 51.0 Å². The molecule has 0 fully saturated rings. The number of nitrogens with one attached hydrogen (secondary N) is 1. The number of rotatable bonds is 3. The van der Waals surface area contributed by atoms with Crippen molar-refractivity contribution in [1.82, 2.24) is 9.97 Å². The van der Waals surface area contributed by atoms with Crippen LogP contribution in [0.25, 0.3) is 10.2 Å². The first-order chi connectivity index (χ1) is 10.7. The zero-order chi connectivity index (χ0) is 15.1. The van der Waals surface area contributed by atoms with Gasteiger partial charge in [-0.15, -0.1) is 11.3 Å². The van der Waals surface area contributed by atoms with Gasteiger partial charge in [0.25, 0.3) is 0 Å². The lowest BCUT2D eigenvalue weighted by atomic mass is 9.89. The van der Waals surface area contributed by atoms with Gasteiger partial charge >= 0.3 is 0 Å². The Bertz CT molecular complexity index is 794. The van der Waals surface area contributed by atoms with Crippen molar-refractivity contribution in [3.8, 4) is 0 Å².